The van der Waals surface area contributed by atoms with Gasteiger partial charge < -0.3 is 15.2 Å². The van der Waals surface area contributed by atoms with Gasteiger partial charge in [-0.15, -0.1) is 11.3 Å². The van der Waals surface area contributed by atoms with Crippen molar-refractivity contribution in [3.05, 3.63) is 16.1 Å². The molecule has 1 aromatic rings. The lowest BCUT2D eigenvalue weighted by molar-refractivity contribution is -0.142. The smallest absolute Gasteiger partial charge is 0.306 e. The number of carboxylic acid groups (broad SMARTS) is 1. The van der Waals surface area contributed by atoms with Crippen molar-refractivity contribution in [1.29, 1.82) is 0 Å². The number of aromatic nitrogens is 1. The Morgan fingerprint density at radius 1 is 1.45 bits per heavy atom. The van der Waals surface area contributed by atoms with Crippen molar-refractivity contribution in [2.45, 2.75) is 38.3 Å². The Hall–Kier alpha value is -1.47. The van der Waals surface area contributed by atoms with Crippen molar-refractivity contribution in [3.63, 3.8) is 0 Å². The first-order valence-corrected chi connectivity index (χ1v) is 7.45. The minimum absolute atomic E-state index is 0.0469. The van der Waals surface area contributed by atoms with Crippen LogP contribution in [0.25, 0.3) is 0 Å². The molecule has 0 spiro atoms. The van der Waals surface area contributed by atoms with Crippen molar-refractivity contribution in [2.75, 3.05) is 7.11 Å². The van der Waals surface area contributed by atoms with E-state index in [-0.39, 0.29) is 17.9 Å². The van der Waals surface area contributed by atoms with Gasteiger partial charge in [0.15, 0.2) is 0 Å². The highest BCUT2D eigenvalue weighted by Crippen LogP contribution is 2.24. The van der Waals surface area contributed by atoms with Gasteiger partial charge in [-0.2, -0.15) is 0 Å². The molecule has 0 unspecified atom stereocenters. The average molecular weight is 298 g/mol. The molecule has 0 atom stereocenters. The number of methoxy groups -OCH3 is 1. The molecule has 0 bridgehead atoms. The number of carboxylic acids is 1. The molecule has 2 N–H and O–H groups in total. The van der Waals surface area contributed by atoms with Crippen LogP contribution >= 0.6 is 11.3 Å². The predicted molar refractivity (Wildman–Crippen MR) is 73.7 cm³/mol. The first-order valence-electron chi connectivity index (χ1n) is 6.57. The van der Waals surface area contributed by atoms with Crippen LogP contribution in [0.5, 0.6) is 0 Å². The van der Waals surface area contributed by atoms with Gasteiger partial charge in [0.2, 0.25) is 0 Å². The third kappa shape index (κ3) is 3.77. The minimum Gasteiger partial charge on any atom is -0.481 e. The molecule has 1 aliphatic rings. The molecule has 20 heavy (non-hydrogen) atoms. The first kappa shape index (κ1) is 14.9. The third-order valence-electron chi connectivity index (χ3n) is 3.46. The zero-order valence-electron chi connectivity index (χ0n) is 11.3. The number of ether oxygens (including phenoxy) is 1. The van der Waals surface area contributed by atoms with Gasteiger partial charge in [-0.1, -0.05) is 0 Å². The van der Waals surface area contributed by atoms with Crippen LogP contribution in [-0.2, 0) is 16.1 Å². The van der Waals surface area contributed by atoms with E-state index in [1.807, 2.05) is 0 Å². The van der Waals surface area contributed by atoms with Crippen molar-refractivity contribution in [2.24, 2.45) is 5.92 Å². The summed E-state index contributed by atoms with van der Waals surface area (Å²) < 4.78 is 4.97. The van der Waals surface area contributed by atoms with Gasteiger partial charge in [0.25, 0.3) is 5.91 Å². The molecule has 0 aromatic carbocycles. The fraction of sp³-hybridized carbons (Fsp3) is 0.615. The van der Waals surface area contributed by atoms with Gasteiger partial charge in [0.05, 0.1) is 12.5 Å². The average Bonchev–Trinajstić information content (AvgIpc) is 2.88. The van der Waals surface area contributed by atoms with E-state index in [0.717, 1.165) is 5.01 Å². The summed E-state index contributed by atoms with van der Waals surface area (Å²) >= 11 is 1.39. The molecule has 2 rings (SSSR count). The number of hydrogen-bond acceptors (Lipinski definition) is 5. The minimum atomic E-state index is -0.738. The summed E-state index contributed by atoms with van der Waals surface area (Å²) in [5, 5.41) is 14.3. The van der Waals surface area contributed by atoms with E-state index in [0.29, 0.717) is 38.0 Å². The van der Waals surface area contributed by atoms with Crippen LogP contribution in [0.1, 0.15) is 41.2 Å². The molecule has 1 saturated carbocycles. The molecule has 1 heterocycles. The highest BCUT2D eigenvalue weighted by molar-refractivity contribution is 7.09. The fourth-order valence-electron chi connectivity index (χ4n) is 2.35. The van der Waals surface area contributed by atoms with E-state index in [1.165, 1.54) is 11.3 Å². The molecule has 1 amide bonds. The van der Waals surface area contributed by atoms with E-state index in [2.05, 4.69) is 10.3 Å². The molecule has 0 aliphatic heterocycles. The molecular weight excluding hydrogens is 280 g/mol. The van der Waals surface area contributed by atoms with Gasteiger partial charge in [-0.3, -0.25) is 9.59 Å². The van der Waals surface area contributed by atoms with Crippen LogP contribution in [0.4, 0.5) is 0 Å². The predicted octanol–water partition coefficient (Wildman–Crippen LogP) is 1.66. The lowest BCUT2D eigenvalue weighted by Crippen LogP contribution is -2.38. The Morgan fingerprint density at radius 2 is 2.15 bits per heavy atom. The lowest BCUT2D eigenvalue weighted by atomic mass is 9.86. The summed E-state index contributed by atoms with van der Waals surface area (Å²) in [4.78, 5) is 27.1. The summed E-state index contributed by atoms with van der Waals surface area (Å²) in [6.45, 7) is 0.404. The van der Waals surface area contributed by atoms with Crippen LogP contribution in [0.3, 0.4) is 0 Å². The standard InChI is InChI=1S/C13H18N2O4S/c1-19-6-11-15-10(7-20-11)12(16)14-9-4-2-8(3-5-9)13(17)18/h7-9H,2-6H2,1H3,(H,14,16)(H,17,18). The number of rotatable bonds is 5. The normalized spacial score (nSPS) is 22.4. The van der Waals surface area contributed by atoms with Gasteiger partial charge in [0.1, 0.15) is 10.7 Å². The second kappa shape index (κ2) is 6.81. The van der Waals surface area contributed by atoms with Gasteiger partial charge >= 0.3 is 5.97 Å². The summed E-state index contributed by atoms with van der Waals surface area (Å²) in [5.74, 6) is -1.20. The maximum absolute atomic E-state index is 12.0. The lowest BCUT2D eigenvalue weighted by Gasteiger charge is -2.26. The van der Waals surface area contributed by atoms with Crippen molar-refractivity contribution < 1.29 is 19.4 Å². The molecule has 6 nitrogen and oxygen atoms in total. The highest BCUT2D eigenvalue weighted by Gasteiger charge is 2.27. The Morgan fingerprint density at radius 3 is 2.75 bits per heavy atom. The maximum Gasteiger partial charge on any atom is 0.306 e. The van der Waals surface area contributed by atoms with Crippen molar-refractivity contribution in [3.8, 4) is 0 Å². The van der Waals surface area contributed by atoms with Gasteiger partial charge in [-0.25, -0.2) is 4.98 Å². The monoisotopic (exact) mass is 298 g/mol. The summed E-state index contributed by atoms with van der Waals surface area (Å²) in [6, 6.07) is 0.0469. The number of nitrogens with one attached hydrogen (secondary N) is 1. The molecular formula is C13H18N2O4S. The molecule has 0 saturated heterocycles. The van der Waals surface area contributed by atoms with Gasteiger partial charge in [0, 0.05) is 18.5 Å². The maximum atomic E-state index is 12.0. The second-order valence-corrected chi connectivity index (χ2v) is 5.86. The van der Waals surface area contributed by atoms with Crippen LogP contribution in [0, 0.1) is 5.92 Å². The Labute approximate surface area is 121 Å². The third-order valence-corrected chi connectivity index (χ3v) is 4.29. The number of hydrogen-bond donors (Lipinski definition) is 2. The zero-order valence-corrected chi connectivity index (χ0v) is 12.1. The van der Waals surface area contributed by atoms with E-state index in [1.54, 1.807) is 12.5 Å². The summed E-state index contributed by atoms with van der Waals surface area (Å²) in [7, 11) is 1.59. The highest BCUT2D eigenvalue weighted by atomic mass is 32.1. The number of thiazole rings is 1. The summed E-state index contributed by atoms with van der Waals surface area (Å²) in [6.07, 6.45) is 2.65. The number of nitrogens with zero attached hydrogens (tertiary/aromatic N) is 1. The Kier molecular flexibility index (Phi) is 5.08. The molecule has 7 heteroatoms. The van der Waals surface area contributed by atoms with Crippen molar-refractivity contribution in [1.82, 2.24) is 10.3 Å². The van der Waals surface area contributed by atoms with Crippen LogP contribution in [-0.4, -0.2) is 35.1 Å². The number of carbonyl (C=O) groups is 2. The molecule has 1 aliphatic carbocycles. The molecule has 110 valence electrons. The summed E-state index contributed by atoms with van der Waals surface area (Å²) in [5.41, 5.74) is 0.405. The van der Waals surface area contributed by atoms with E-state index in [9.17, 15) is 9.59 Å². The van der Waals surface area contributed by atoms with Crippen LogP contribution in [0.2, 0.25) is 0 Å². The zero-order chi connectivity index (χ0) is 14.5. The number of carbonyl (C=O) groups excluding carboxylic acids is 1. The van der Waals surface area contributed by atoms with Crippen LogP contribution < -0.4 is 5.32 Å². The van der Waals surface area contributed by atoms with E-state index in [4.69, 9.17) is 9.84 Å². The molecule has 0 radical (unpaired) electrons. The van der Waals surface area contributed by atoms with E-state index >= 15 is 0 Å². The topological polar surface area (TPSA) is 88.5 Å². The number of amides is 1. The quantitative estimate of drug-likeness (QED) is 0.863. The first-order chi connectivity index (χ1) is 9.60. The van der Waals surface area contributed by atoms with Crippen molar-refractivity contribution >= 4 is 23.2 Å². The Bertz CT molecular complexity index is 480. The molecule has 1 aromatic heterocycles. The fourth-order valence-corrected chi connectivity index (χ4v) is 3.09. The van der Waals surface area contributed by atoms with Gasteiger partial charge in [-0.05, 0) is 25.7 Å². The SMILES string of the molecule is COCc1nc(C(=O)NC2CCC(C(=O)O)CC2)cs1. The largest absolute Gasteiger partial charge is 0.481 e. The second-order valence-electron chi connectivity index (χ2n) is 4.92. The number of aliphatic carboxylic acids is 1. The van der Waals surface area contributed by atoms with Crippen LogP contribution in [0.15, 0.2) is 5.38 Å². The Balaban J connectivity index is 1.84. The molecule has 1 fully saturated rings. The van der Waals surface area contributed by atoms with E-state index < -0.39 is 5.97 Å².